The highest BCUT2D eigenvalue weighted by Gasteiger charge is 2.24. The topological polar surface area (TPSA) is 47.4 Å². The van der Waals surface area contributed by atoms with Gasteiger partial charge in [0.2, 0.25) is 5.91 Å². The van der Waals surface area contributed by atoms with E-state index in [0.29, 0.717) is 12.4 Å². The fraction of sp³-hybridized carbons (Fsp3) is 0.467. The lowest BCUT2D eigenvalue weighted by Gasteiger charge is -2.29. The smallest absolute Gasteiger partial charge is 0.246 e. The molecule has 1 aromatic carbocycles. The quantitative estimate of drug-likeness (QED) is 0.903. The van der Waals surface area contributed by atoms with E-state index < -0.39 is 0 Å². The van der Waals surface area contributed by atoms with E-state index in [1.807, 2.05) is 54.0 Å². The number of carbonyl (C=O) groups excluding carboxylic acids is 1. The summed E-state index contributed by atoms with van der Waals surface area (Å²) in [4.78, 5) is 16.2. The molecule has 0 aromatic heterocycles. The largest absolute Gasteiger partial charge is 0.351 e. The molecule has 1 amide bonds. The van der Waals surface area contributed by atoms with Gasteiger partial charge in [-0.15, -0.1) is 0 Å². The van der Waals surface area contributed by atoms with Gasteiger partial charge in [0.1, 0.15) is 0 Å². The normalized spacial score (nSPS) is 15.1. The molecule has 1 N–H and O–H groups in total. The molecule has 19 heavy (non-hydrogen) atoms. The van der Waals surface area contributed by atoms with E-state index in [2.05, 4.69) is 0 Å². The van der Waals surface area contributed by atoms with Crippen molar-refractivity contribution in [3.8, 4) is 0 Å². The first-order valence-electron chi connectivity index (χ1n) is 6.79. The van der Waals surface area contributed by atoms with Crippen molar-refractivity contribution in [3.63, 3.8) is 0 Å². The Hall–Kier alpha value is -1.84. The molecule has 1 aliphatic heterocycles. The SMILES string of the molecule is CC(C)N(C(=O)CN1CCCC1=N)c1ccccc1. The summed E-state index contributed by atoms with van der Waals surface area (Å²) in [5.74, 6) is 0.651. The Morgan fingerprint density at radius 3 is 2.58 bits per heavy atom. The zero-order valence-electron chi connectivity index (χ0n) is 11.6. The Morgan fingerprint density at radius 2 is 2.05 bits per heavy atom. The number of anilines is 1. The van der Waals surface area contributed by atoms with Gasteiger partial charge in [0.15, 0.2) is 0 Å². The van der Waals surface area contributed by atoms with Gasteiger partial charge in [-0.25, -0.2) is 0 Å². The maximum atomic E-state index is 12.5. The maximum absolute atomic E-state index is 12.5. The number of hydrogen-bond donors (Lipinski definition) is 1. The molecule has 1 saturated heterocycles. The van der Waals surface area contributed by atoms with Crippen molar-refractivity contribution in [2.45, 2.75) is 32.7 Å². The Labute approximate surface area is 114 Å². The number of amides is 1. The Morgan fingerprint density at radius 1 is 1.37 bits per heavy atom. The molecule has 0 radical (unpaired) electrons. The zero-order valence-corrected chi connectivity index (χ0v) is 11.6. The molecule has 4 nitrogen and oxygen atoms in total. The minimum absolute atomic E-state index is 0.0628. The number of carbonyl (C=O) groups is 1. The molecular weight excluding hydrogens is 238 g/mol. The van der Waals surface area contributed by atoms with Crippen LogP contribution < -0.4 is 4.90 Å². The van der Waals surface area contributed by atoms with Crippen LogP contribution in [0.2, 0.25) is 0 Å². The highest BCUT2D eigenvalue weighted by atomic mass is 16.2. The van der Waals surface area contributed by atoms with Crippen LogP contribution in [0.1, 0.15) is 26.7 Å². The van der Waals surface area contributed by atoms with Crippen LogP contribution in [0.3, 0.4) is 0 Å². The van der Waals surface area contributed by atoms with Gasteiger partial charge in [0.25, 0.3) is 0 Å². The van der Waals surface area contributed by atoms with E-state index in [4.69, 9.17) is 5.41 Å². The third-order valence-corrected chi connectivity index (χ3v) is 3.37. The van der Waals surface area contributed by atoms with Crippen LogP contribution in [0.5, 0.6) is 0 Å². The summed E-state index contributed by atoms with van der Waals surface area (Å²) in [5.41, 5.74) is 0.924. The zero-order chi connectivity index (χ0) is 13.8. The third-order valence-electron chi connectivity index (χ3n) is 3.37. The molecule has 1 aliphatic rings. The summed E-state index contributed by atoms with van der Waals surface area (Å²) in [5, 5.41) is 7.81. The van der Waals surface area contributed by atoms with Crippen molar-refractivity contribution in [2.75, 3.05) is 18.0 Å². The van der Waals surface area contributed by atoms with Crippen LogP contribution in [-0.2, 0) is 4.79 Å². The molecule has 102 valence electrons. The Kier molecular flexibility index (Phi) is 4.20. The number of likely N-dealkylation sites (tertiary alicyclic amines) is 1. The summed E-state index contributed by atoms with van der Waals surface area (Å²) < 4.78 is 0. The first-order chi connectivity index (χ1) is 9.09. The van der Waals surface area contributed by atoms with Crippen LogP contribution in [0.25, 0.3) is 0 Å². The van der Waals surface area contributed by atoms with Crippen molar-refractivity contribution in [2.24, 2.45) is 0 Å². The van der Waals surface area contributed by atoms with Crippen molar-refractivity contribution in [1.29, 1.82) is 5.41 Å². The van der Waals surface area contributed by atoms with Crippen molar-refractivity contribution >= 4 is 17.4 Å². The molecule has 2 rings (SSSR count). The van der Waals surface area contributed by atoms with Crippen LogP contribution in [-0.4, -0.2) is 35.8 Å². The second-order valence-corrected chi connectivity index (χ2v) is 5.16. The third kappa shape index (κ3) is 3.13. The molecule has 0 saturated carbocycles. The number of para-hydroxylation sites is 1. The van der Waals surface area contributed by atoms with Crippen LogP contribution >= 0.6 is 0 Å². The van der Waals surface area contributed by atoms with Crippen molar-refractivity contribution in [3.05, 3.63) is 30.3 Å². The summed E-state index contributed by atoms with van der Waals surface area (Å²) in [6, 6.07) is 9.85. The van der Waals surface area contributed by atoms with Gasteiger partial charge in [0, 0.05) is 24.7 Å². The van der Waals surface area contributed by atoms with Gasteiger partial charge in [-0.1, -0.05) is 18.2 Å². The second kappa shape index (κ2) is 5.87. The van der Waals surface area contributed by atoms with Gasteiger partial charge < -0.3 is 9.80 Å². The van der Waals surface area contributed by atoms with E-state index in [1.165, 1.54) is 0 Å². The highest BCUT2D eigenvalue weighted by Crippen LogP contribution is 2.18. The lowest BCUT2D eigenvalue weighted by atomic mass is 10.2. The molecule has 0 bridgehead atoms. The minimum atomic E-state index is 0.0628. The first kappa shape index (κ1) is 13.6. The molecule has 0 aliphatic carbocycles. The molecule has 1 aromatic rings. The van der Waals surface area contributed by atoms with E-state index >= 15 is 0 Å². The molecule has 0 atom stereocenters. The number of amidine groups is 1. The Bertz CT molecular complexity index is 456. The number of nitrogens with zero attached hydrogens (tertiary/aromatic N) is 2. The van der Waals surface area contributed by atoms with E-state index in [9.17, 15) is 4.79 Å². The minimum Gasteiger partial charge on any atom is -0.351 e. The van der Waals surface area contributed by atoms with Crippen LogP contribution in [0.4, 0.5) is 5.69 Å². The molecule has 1 fully saturated rings. The predicted octanol–water partition coefficient (Wildman–Crippen LogP) is 2.50. The molecule has 0 spiro atoms. The van der Waals surface area contributed by atoms with Crippen molar-refractivity contribution in [1.82, 2.24) is 4.90 Å². The number of rotatable bonds is 4. The summed E-state index contributed by atoms with van der Waals surface area (Å²) in [6.07, 6.45) is 1.78. The standard InChI is InChI=1S/C15H21N3O/c1-12(2)18(13-7-4-3-5-8-13)15(19)11-17-10-6-9-14(17)16/h3-5,7-8,12,16H,6,9-11H2,1-2H3. The van der Waals surface area contributed by atoms with Gasteiger partial charge in [0.05, 0.1) is 12.4 Å². The molecule has 4 heteroatoms. The first-order valence-corrected chi connectivity index (χ1v) is 6.79. The van der Waals surface area contributed by atoms with E-state index in [0.717, 1.165) is 25.1 Å². The molecular formula is C15H21N3O. The van der Waals surface area contributed by atoms with Gasteiger partial charge in [-0.3, -0.25) is 10.2 Å². The van der Waals surface area contributed by atoms with Crippen molar-refractivity contribution < 1.29 is 4.79 Å². The number of benzene rings is 1. The number of hydrogen-bond acceptors (Lipinski definition) is 2. The van der Waals surface area contributed by atoms with Crippen LogP contribution in [0, 0.1) is 5.41 Å². The number of nitrogens with one attached hydrogen (secondary N) is 1. The summed E-state index contributed by atoms with van der Waals surface area (Å²) in [6.45, 7) is 5.16. The average Bonchev–Trinajstić information content (AvgIpc) is 2.76. The molecule has 1 heterocycles. The Balaban J connectivity index is 2.11. The summed E-state index contributed by atoms with van der Waals surface area (Å²) in [7, 11) is 0. The fourth-order valence-electron chi connectivity index (χ4n) is 2.46. The summed E-state index contributed by atoms with van der Waals surface area (Å²) >= 11 is 0. The van der Waals surface area contributed by atoms with Gasteiger partial charge in [-0.05, 0) is 32.4 Å². The average molecular weight is 259 g/mol. The fourth-order valence-corrected chi connectivity index (χ4v) is 2.46. The second-order valence-electron chi connectivity index (χ2n) is 5.16. The van der Waals surface area contributed by atoms with Crippen LogP contribution in [0.15, 0.2) is 30.3 Å². The lowest BCUT2D eigenvalue weighted by Crippen LogP contribution is -2.44. The molecule has 0 unspecified atom stereocenters. The monoisotopic (exact) mass is 259 g/mol. The maximum Gasteiger partial charge on any atom is 0.246 e. The predicted molar refractivity (Wildman–Crippen MR) is 77.6 cm³/mol. The lowest BCUT2D eigenvalue weighted by molar-refractivity contribution is -0.119. The van der Waals surface area contributed by atoms with E-state index in [-0.39, 0.29) is 11.9 Å². The van der Waals surface area contributed by atoms with Gasteiger partial charge in [-0.2, -0.15) is 0 Å². The van der Waals surface area contributed by atoms with E-state index in [1.54, 1.807) is 0 Å². The van der Waals surface area contributed by atoms with Gasteiger partial charge >= 0.3 is 0 Å². The highest BCUT2D eigenvalue weighted by molar-refractivity contribution is 5.97.